The minimum atomic E-state index is -0.848. The first-order valence-corrected chi connectivity index (χ1v) is 7.87. The van der Waals surface area contributed by atoms with Gasteiger partial charge in [-0.25, -0.2) is 4.79 Å². The lowest BCUT2D eigenvalue weighted by Gasteiger charge is -2.21. The van der Waals surface area contributed by atoms with Crippen LogP contribution < -0.4 is 5.32 Å². The standard InChI is InChI=1S/C18H21N3O3/c1-10(2)18(3)17(23)19-15(20-18)14-11-8-9-21(4)13(11)7-6-12(14)16(22)24-5/h6-10H,1-5H3,(H,19,20,23). The van der Waals surface area contributed by atoms with Crippen LogP contribution in [-0.4, -0.2) is 34.9 Å². The number of methoxy groups -OCH3 is 1. The SMILES string of the molecule is COC(=O)c1ccc2c(ccn2C)c1C1=NC(C)(C(C)C)C(=O)N1. The number of amidine groups is 1. The second-order valence-corrected chi connectivity index (χ2v) is 6.56. The number of fused-ring (bicyclic) bond motifs is 1. The molecule has 126 valence electrons. The molecular weight excluding hydrogens is 306 g/mol. The molecule has 1 atom stereocenters. The lowest BCUT2D eigenvalue weighted by atomic mass is 9.89. The first-order chi connectivity index (χ1) is 11.3. The molecule has 1 aromatic carbocycles. The van der Waals surface area contributed by atoms with E-state index in [1.165, 1.54) is 7.11 Å². The van der Waals surface area contributed by atoms with Crippen LogP contribution >= 0.6 is 0 Å². The van der Waals surface area contributed by atoms with Gasteiger partial charge in [-0.15, -0.1) is 0 Å². The Morgan fingerprint density at radius 1 is 1.33 bits per heavy atom. The number of esters is 1. The molecule has 1 N–H and O–H groups in total. The Morgan fingerprint density at radius 2 is 2.04 bits per heavy atom. The fourth-order valence-electron chi connectivity index (χ4n) is 2.94. The van der Waals surface area contributed by atoms with Gasteiger partial charge in [0.05, 0.1) is 12.7 Å². The zero-order valence-electron chi connectivity index (χ0n) is 14.5. The summed E-state index contributed by atoms with van der Waals surface area (Å²) in [5, 5.41) is 3.71. The number of aliphatic imine (C=N–C) groups is 1. The lowest BCUT2D eigenvalue weighted by Crippen LogP contribution is -2.41. The maximum absolute atomic E-state index is 12.5. The van der Waals surface area contributed by atoms with Gasteiger partial charge in [-0.05, 0) is 31.0 Å². The average Bonchev–Trinajstić information content (AvgIpc) is 3.07. The van der Waals surface area contributed by atoms with Crippen molar-refractivity contribution in [2.45, 2.75) is 26.3 Å². The number of hydrogen-bond acceptors (Lipinski definition) is 4. The van der Waals surface area contributed by atoms with Gasteiger partial charge in [0.2, 0.25) is 0 Å². The number of nitrogens with zero attached hydrogens (tertiary/aromatic N) is 2. The van der Waals surface area contributed by atoms with E-state index in [4.69, 9.17) is 4.74 Å². The summed E-state index contributed by atoms with van der Waals surface area (Å²) in [5.74, 6) is -0.151. The van der Waals surface area contributed by atoms with Crippen molar-refractivity contribution in [3.8, 4) is 0 Å². The maximum atomic E-state index is 12.5. The van der Waals surface area contributed by atoms with Crippen LogP contribution in [0.1, 0.15) is 36.7 Å². The summed E-state index contributed by atoms with van der Waals surface area (Å²) >= 11 is 0. The number of ether oxygens (including phenoxy) is 1. The number of carbonyl (C=O) groups is 2. The van der Waals surface area contributed by atoms with Crippen molar-refractivity contribution in [3.05, 3.63) is 35.5 Å². The van der Waals surface area contributed by atoms with Crippen LogP contribution in [-0.2, 0) is 16.6 Å². The van der Waals surface area contributed by atoms with E-state index in [1.54, 1.807) is 6.07 Å². The monoisotopic (exact) mass is 327 g/mol. The molecular formula is C18H21N3O3. The summed E-state index contributed by atoms with van der Waals surface area (Å²) in [4.78, 5) is 29.3. The highest BCUT2D eigenvalue weighted by Crippen LogP contribution is 2.31. The zero-order chi connectivity index (χ0) is 17.6. The number of carbonyl (C=O) groups excluding carboxylic acids is 2. The Labute approximate surface area is 140 Å². The molecule has 6 nitrogen and oxygen atoms in total. The van der Waals surface area contributed by atoms with Crippen LogP contribution in [0.2, 0.25) is 0 Å². The average molecular weight is 327 g/mol. The Balaban J connectivity index is 2.28. The van der Waals surface area contributed by atoms with Crippen LogP contribution in [0.25, 0.3) is 10.9 Å². The first kappa shape index (κ1) is 16.2. The van der Waals surface area contributed by atoms with Crippen molar-refractivity contribution in [2.24, 2.45) is 18.0 Å². The van der Waals surface area contributed by atoms with Crippen LogP contribution in [0.3, 0.4) is 0 Å². The van der Waals surface area contributed by atoms with Crippen molar-refractivity contribution in [1.82, 2.24) is 9.88 Å². The molecule has 0 aliphatic carbocycles. The smallest absolute Gasteiger partial charge is 0.338 e. The molecule has 1 aliphatic heterocycles. The summed E-state index contributed by atoms with van der Waals surface area (Å²) in [7, 11) is 3.27. The molecule has 0 fully saturated rings. The molecule has 0 saturated heterocycles. The van der Waals surface area contributed by atoms with Gasteiger partial charge in [-0.2, -0.15) is 0 Å². The number of aryl methyl sites for hydroxylation is 1. The summed E-state index contributed by atoms with van der Waals surface area (Å²) in [6.45, 7) is 5.72. The van der Waals surface area contributed by atoms with Crippen LogP contribution in [0.15, 0.2) is 29.4 Å². The van der Waals surface area contributed by atoms with Gasteiger partial charge in [0, 0.05) is 29.7 Å². The van der Waals surface area contributed by atoms with Gasteiger partial charge in [-0.1, -0.05) is 13.8 Å². The van der Waals surface area contributed by atoms with E-state index in [0.29, 0.717) is 17.0 Å². The molecule has 2 aromatic rings. The molecule has 1 amide bonds. The van der Waals surface area contributed by atoms with Crippen molar-refractivity contribution in [3.63, 3.8) is 0 Å². The highest BCUT2D eigenvalue weighted by Gasteiger charge is 2.43. The Bertz CT molecular complexity index is 879. The molecule has 3 rings (SSSR count). The molecule has 1 aliphatic rings. The first-order valence-electron chi connectivity index (χ1n) is 7.87. The van der Waals surface area contributed by atoms with E-state index in [1.807, 2.05) is 50.7 Å². The second-order valence-electron chi connectivity index (χ2n) is 6.56. The van der Waals surface area contributed by atoms with Crippen LogP contribution in [0, 0.1) is 5.92 Å². The van der Waals surface area contributed by atoms with E-state index in [9.17, 15) is 9.59 Å². The number of aromatic nitrogens is 1. The normalized spacial score (nSPS) is 20.4. The number of rotatable bonds is 3. The zero-order valence-corrected chi connectivity index (χ0v) is 14.5. The van der Waals surface area contributed by atoms with Crippen molar-refractivity contribution < 1.29 is 14.3 Å². The van der Waals surface area contributed by atoms with Gasteiger partial charge < -0.3 is 14.6 Å². The quantitative estimate of drug-likeness (QED) is 0.879. The molecule has 6 heteroatoms. The van der Waals surface area contributed by atoms with E-state index in [0.717, 1.165) is 10.9 Å². The molecule has 0 spiro atoms. The molecule has 1 aromatic heterocycles. The van der Waals surface area contributed by atoms with Crippen molar-refractivity contribution in [1.29, 1.82) is 0 Å². The van der Waals surface area contributed by atoms with E-state index >= 15 is 0 Å². The summed E-state index contributed by atoms with van der Waals surface area (Å²) in [6.07, 6.45) is 1.91. The topological polar surface area (TPSA) is 72.7 Å². The Morgan fingerprint density at radius 3 is 2.62 bits per heavy atom. The van der Waals surface area contributed by atoms with Gasteiger partial charge >= 0.3 is 5.97 Å². The van der Waals surface area contributed by atoms with Gasteiger partial charge in [0.1, 0.15) is 11.4 Å². The molecule has 2 heterocycles. The fraction of sp³-hybridized carbons (Fsp3) is 0.389. The summed E-state index contributed by atoms with van der Waals surface area (Å²) in [6, 6.07) is 5.49. The summed E-state index contributed by atoms with van der Waals surface area (Å²) < 4.78 is 6.86. The maximum Gasteiger partial charge on any atom is 0.338 e. The predicted molar refractivity (Wildman–Crippen MR) is 92.2 cm³/mol. The lowest BCUT2D eigenvalue weighted by molar-refractivity contribution is -0.124. The van der Waals surface area contributed by atoms with E-state index in [2.05, 4.69) is 10.3 Å². The van der Waals surface area contributed by atoms with Gasteiger partial charge in [-0.3, -0.25) is 9.79 Å². The molecule has 0 saturated carbocycles. The third kappa shape index (κ3) is 2.21. The highest BCUT2D eigenvalue weighted by molar-refractivity contribution is 6.23. The molecule has 0 bridgehead atoms. The van der Waals surface area contributed by atoms with E-state index in [-0.39, 0.29) is 11.8 Å². The van der Waals surface area contributed by atoms with Gasteiger partial charge in [0.15, 0.2) is 0 Å². The van der Waals surface area contributed by atoms with E-state index < -0.39 is 11.5 Å². The third-order valence-corrected chi connectivity index (χ3v) is 4.87. The minimum absolute atomic E-state index is 0.0338. The second kappa shape index (κ2) is 5.47. The fourth-order valence-corrected chi connectivity index (χ4v) is 2.94. The number of nitrogens with one attached hydrogen (secondary N) is 1. The molecule has 24 heavy (non-hydrogen) atoms. The third-order valence-electron chi connectivity index (χ3n) is 4.87. The van der Waals surface area contributed by atoms with Crippen molar-refractivity contribution >= 4 is 28.6 Å². The van der Waals surface area contributed by atoms with Crippen LogP contribution in [0.4, 0.5) is 0 Å². The summed E-state index contributed by atoms with van der Waals surface area (Å²) in [5.41, 5.74) is 1.10. The highest BCUT2D eigenvalue weighted by atomic mass is 16.5. The van der Waals surface area contributed by atoms with Crippen molar-refractivity contribution in [2.75, 3.05) is 7.11 Å². The largest absolute Gasteiger partial charge is 0.465 e. The number of benzene rings is 1. The van der Waals surface area contributed by atoms with Crippen LogP contribution in [0.5, 0.6) is 0 Å². The van der Waals surface area contributed by atoms with Gasteiger partial charge in [0.25, 0.3) is 5.91 Å². The molecule has 0 radical (unpaired) electrons. The minimum Gasteiger partial charge on any atom is -0.465 e. The predicted octanol–water partition coefficient (Wildman–Crippen LogP) is 2.26. The number of hydrogen-bond donors (Lipinski definition) is 1. The Kier molecular flexibility index (Phi) is 3.70. The number of amides is 1. The Hall–Kier alpha value is -2.63. The molecule has 1 unspecified atom stereocenters.